The third-order valence-corrected chi connectivity index (χ3v) is 3.50. The smallest absolute Gasteiger partial charge is 0.122 e. The van der Waals surface area contributed by atoms with E-state index >= 15 is 0 Å². The molecule has 1 aromatic heterocycles. The molecule has 2 rings (SSSR count). The van der Waals surface area contributed by atoms with E-state index in [2.05, 4.69) is 75.3 Å². The molecule has 0 fully saturated rings. The summed E-state index contributed by atoms with van der Waals surface area (Å²) in [4.78, 5) is 2.24. The molecule has 3 heteroatoms. The maximum atomic E-state index is 5.63. The predicted molar refractivity (Wildman–Crippen MR) is 88.6 cm³/mol. The van der Waals surface area contributed by atoms with Gasteiger partial charge in [0.25, 0.3) is 0 Å². The summed E-state index contributed by atoms with van der Waals surface area (Å²) in [5.41, 5.74) is 3.82. The van der Waals surface area contributed by atoms with Crippen molar-refractivity contribution in [1.29, 1.82) is 0 Å². The lowest BCUT2D eigenvalue weighted by molar-refractivity contribution is 0.386. The monoisotopic (exact) mass is 286 g/mol. The molecule has 21 heavy (non-hydrogen) atoms. The number of hydrogen-bond acceptors (Lipinski definition) is 3. The molecule has 0 atom stereocenters. The molecule has 0 unspecified atom stereocenters. The zero-order valence-electron chi connectivity index (χ0n) is 13.7. The third kappa shape index (κ3) is 4.64. The lowest BCUT2D eigenvalue weighted by Crippen LogP contribution is -2.35. The van der Waals surface area contributed by atoms with Crippen LogP contribution in [0.5, 0.6) is 0 Å². The quantitative estimate of drug-likeness (QED) is 0.896. The van der Waals surface area contributed by atoms with E-state index in [9.17, 15) is 0 Å². The second-order valence-corrected chi connectivity index (χ2v) is 6.66. The summed E-state index contributed by atoms with van der Waals surface area (Å²) in [5, 5.41) is 3.47. The number of rotatable bonds is 5. The lowest BCUT2D eigenvalue weighted by atomic mass is 10.1. The van der Waals surface area contributed by atoms with Crippen LogP contribution in [0.25, 0.3) is 0 Å². The van der Waals surface area contributed by atoms with Crippen molar-refractivity contribution in [2.24, 2.45) is 0 Å². The first kappa shape index (κ1) is 15.6. The highest BCUT2D eigenvalue weighted by molar-refractivity contribution is 5.47. The Morgan fingerprint density at radius 3 is 2.38 bits per heavy atom. The van der Waals surface area contributed by atoms with Crippen molar-refractivity contribution in [2.45, 2.75) is 46.3 Å². The topological polar surface area (TPSA) is 28.4 Å². The van der Waals surface area contributed by atoms with E-state index in [1.807, 2.05) is 0 Å². The van der Waals surface area contributed by atoms with Gasteiger partial charge in [0, 0.05) is 30.4 Å². The van der Waals surface area contributed by atoms with Crippen LogP contribution in [-0.2, 0) is 13.1 Å². The molecule has 0 saturated heterocycles. The van der Waals surface area contributed by atoms with Gasteiger partial charge in [-0.15, -0.1) is 0 Å². The second kappa shape index (κ2) is 6.35. The highest BCUT2D eigenvalue weighted by Crippen LogP contribution is 2.19. The first-order valence-electron chi connectivity index (χ1n) is 7.43. The summed E-state index contributed by atoms with van der Waals surface area (Å²) < 4.78 is 5.63. The van der Waals surface area contributed by atoms with Crippen molar-refractivity contribution in [3.63, 3.8) is 0 Å². The highest BCUT2D eigenvalue weighted by Gasteiger charge is 2.13. The van der Waals surface area contributed by atoms with E-state index in [-0.39, 0.29) is 5.54 Å². The average molecular weight is 286 g/mol. The Balaban J connectivity index is 2.03. The number of hydrogen-bond donors (Lipinski definition) is 1. The molecule has 1 aromatic carbocycles. The van der Waals surface area contributed by atoms with Crippen LogP contribution in [0.3, 0.4) is 0 Å². The van der Waals surface area contributed by atoms with Crippen molar-refractivity contribution >= 4 is 5.69 Å². The van der Waals surface area contributed by atoms with Crippen molar-refractivity contribution in [1.82, 2.24) is 5.32 Å². The summed E-state index contributed by atoms with van der Waals surface area (Å²) in [5.74, 6) is 1.02. The molecule has 0 aliphatic carbocycles. The molecule has 0 spiro atoms. The normalized spacial score (nSPS) is 11.7. The maximum absolute atomic E-state index is 5.63. The summed E-state index contributed by atoms with van der Waals surface area (Å²) in [6, 6.07) is 10.7. The first-order chi connectivity index (χ1) is 9.85. The molecule has 3 nitrogen and oxygen atoms in total. The highest BCUT2D eigenvalue weighted by atomic mass is 16.3. The van der Waals surface area contributed by atoms with E-state index in [0.29, 0.717) is 0 Å². The number of nitrogens with zero attached hydrogens (tertiary/aromatic N) is 1. The van der Waals surface area contributed by atoms with Gasteiger partial charge in [-0.3, -0.25) is 0 Å². The van der Waals surface area contributed by atoms with Crippen LogP contribution in [0.4, 0.5) is 5.69 Å². The molecule has 0 amide bonds. The van der Waals surface area contributed by atoms with Crippen LogP contribution in [0.2, 0.25) is 0 Å². The minimum absolute atomic E-state index is 0.0902. The Kier molecular flexibility index (Phi) is 4.73. The lowest BCUT2D eigenvalue weighted by Gasteiger charge is -2.22. The summed E-state index contributed by atoms with van der Waals surface area (Å²) in [6.07, 6.45) is 1.78. The van der Waals surface area contributed by atoms with Gasteiger partial charge in [-0.25, -0.2) is 0 Å². The largest absolute Gasteiger partial charge is 0.468 e. The Morgan fingerprint density at radius 1 is 1.10 bits per heavy atom. The summed E-state index contributed by atoms with van der Waals surface area (Å²) in [7, 11) is 2.11. The molecule has 1 heterocycles. The van der Waals surface area contributed by atoms with Crippen molar-refractivity contribution in [3.05, 3.63) is 53.5 Å². The van der Waals surface area contributed by atoms with Crippen LogP contribution in [0.15, 0.2) is 41.0 Å². The standard InChI is InChI=1S/C18H26N2O/c1-14-6-8-16(9-7-14)20(5)13-15-10-11-21-17(15)12-19-18(2,3)4/h6-11,19H,12-13H2,1-5H3. The van der Waals surface area contributed by atoms with Crippen LogP contribution in [-0.4, -0.2) is 12.6 Å². The molecule has 0 aliphatic heterocycles. The van der Waals surface area contributed by atoms with Gasteiger partial charge in [0.05, 0.1) is 12.8 Å². The molecule has 0 radical (unpaired) electrons. The number of furan rings is 1. The minimum Gasteiger partial charge on any atom is -0.468 e. The van der Waals surface area contributed by atoms with Crippen LogP contribution in [0.1, 0.15) is 37.7 Å². The number of benzene rings is 1. The van der Waals surface area contributed by atoms with Gasteiger partial charge >= 0.3 is 0 Å². The fraction of sp³-hybridized carbons (Fsp3) is 0.444. The van der Waals surface area contributed by atoms with Gasteiger partial charge < -0.3 is 14.6 Å². The average Bonchev–Trinajstić information content (AvgIpc) is 2.83. The molecule has 0 aliphatic rings. The van der Waals surface area contributed by atoms with E-state index in [0.717, 1.165) is 18.8 Å². The van der Waals surface area contributed by atoms with E-state index in [1.54, 1.807) is 6.26 Å². The molecule has 114 valence electrons. The SMILES string of the molecule is Cc1ccc(N(C)Cc2ccoc2CNC(C)(C)C)cc1. The number of nitrogens with one attached hydrogen (secondary N) is 1. The van der Waals surface area contributed by atoms with Gasteiger partial charge in [0.2, 0.25) is 0 Å². The Labute approximate surface area is 128 Å². The molecule has 2 aromatic rings. The minimum atomic E-state index is 0.0902. The molecule has 0 bridgehead atoms. The van der Waals surface area contributed by atoms with Gasteiger partial charge in [0.15, 0.2) is 0 Å². The number of anilines is 1. The van der Waals surface area contributed by atoms with Gasteiger partial charge in [-0.1, -0.05) is 17.7 Å². The van der Waals surface area contributed by atoms with E-state index in [4.69, 9.17) is 4.42 Å². The Morgan fingerprint density at radius 2 is 1.76 bits per heavy atom. The Hall–Kier alpha value is -1.74. The zero-order chi connectivity index (χ0) is 15.5. The second-order valence-electron chi connectivity index (χ2n) is 6.66. The zero-order valence-corrected chi connectivity index (χ0v) is 13.7. The van der Waals surface area contributed by atoms with E-state index < -0.39 is 0 Å². The van der Waals surface area contributed by atoms with Crippen molar-refractivity contribution in [3.8, 4) is 0 Å². The first-order valence-corrected chi connectivity index (χ1v) is 7.43. The van der Waals surface area contributed by atoms with Crippen LogP contribution >= 0.6 is 0 Å². The van der Waals surface area contributed by atoms with Gasteiger partial charge in [-0.2, -0.15) is 0 Å². The van der Waals surface area contributed by atoms with Gasteiger partial charge in [0.1, 0.15) is 5.76 Å². The maximum Gasteiger partial charge on any atom is 0.122 e. The molecule has 0 saturated carbocycles. The molecular formula is C18H26N2O. The fourth-order valence-electron chi connectivity index (χ4n) is 2.15. The fourth-order valence-corrected chi connectivity index (χ4v) is 2.15. The van der Waals surface area contributed by atoms with Crippen LogP contribution in [0, 0.1) is 6.92 Å². The van der Waals surface area contributed by atoms with Gasteiger partial charge in [-0.05, 0) is 45.9 Å². The number of aryl methyl sites for hydroxylation is 1. The predicted octanol–water partition coefficient (Wildman–Crippen LogP) is 4.11. The van der Waals surface area contributed by atoms with Crippen LogP contribution < -0.4 is 10.2 Å². The van der Waals surface area contributed by atoms with E-state index in [1.165, 1.54) is 16.8 Å². The summed E-state index contributed by atoms with van der Waals surface area (Å²) in [6.45, 7) is 10.2. The third-order valence-electron chi connectivity index (χ3n) is 3.50. The van der Waals surface area contributed by atoms with Crippen molar-refractivity contribution < 1.29 is 4.42 Å². The Bertz CT molecular complexity index is 564. The molecular weight excluding hydrogens is 260 g/mol. The molecule has 1 N–H and O–H groups in total. The van der Waals surface area contributed by atoms with Crippen molar-refractivity contribution in [2.75, 3.05) is 11.9 Å². The summed E-state index contributed by atoms with van der Waals surface area (Å²) >= 11 is 0.